The summed E-state index contributed by atoms with van der Waals surface area (Å²) in [7, 11) is 1.62. The molecule has 232 valence electrons. The second-order valence-electron chi connectivity index (χ2n) is 13.3. The summed E-state index contributed by atoms with van der Waals surface area (Å²) in [5.74, 6) is 0.671. The van der Waals surface area contributed by atoms with Crippen LogP contribution in [-0.2, 0) is 16.1 Å². The van der Waals surface area contributed by atoms with E-state index in [9.17, 15) is 19.5 Å². The van der Waals surface area contributed by atoms with Crippen LogP contribution in [0.5, 0.6) is 5.75 Å². The number of carbonyl (C=O) groups excluding carboxylic acids is 3. The Hall–Kier alpha value is -3.79. The lowest BCUT2D eigenvalue weighted by molar-refractivity contribution is -0.121. The zero-order valence-electron chi connectivity index (χ0n) is 26.1. The van der Waals surface area contributed by atoms with Gasteiger partial charge in [-0.1, -0.05) is 6.07 Å². The molecule has 10 nitrogen and oxygen atoms in total. The lowest BCUT2D eigenvalue weighted by atomic mass is 9.84. The molecule has 0 bridgehead atoms. The van der Waals surface area contributed by atoms with Crippen molar-refractivity contribution in [2.24, 2.45) is 5.92 Å². The molecule has 3 aliphatic rings. The van der Waals surface area contributed by atoms with Gasteiger partial charge >= 0.3 is 6.09 Å². The molecule has 0 aromatic heterocycles. The predicted molar refractivity (Wildman–Crippen MR) is 164 cm³/mol. The number of rotatable bonds is 7. The smallest absolute Gasteiger partial charge is 0.410 e. The van der Waals surface area contributed by atoms with E-state index in [0.29, 0.717) is 12.1 Å². The van der Waals surface area contributed by atoms with E-state index in [0.717, 1.165) is 59.5 Å². The number of hydrogen-bond acceptors (Lipinski definition) is 7. The summed E-state index contributed by atoms with van der Waals surface area (Å²) in [6, 6.07) is 9.63. The molecule has 1 saturated heterocycles. The predicted octanol–water partition coefficient (Wildman–Crippen LogP) is 4.86. The van der Waals surface area contributed by atoms with Crippen LogP contribution in [0.25, 0.3) is 0 Å². The van der Waals surface area contributed by atoms with Crippen molar-refractivity contribution < 1.29 is 29.0 Å². The van der Waals surface area contributed by atoms with Crippen LogP contribution in [0.4, 0.5) is 16.2 Å². The van der Waals surface area contributed by atoms with Crippen LogP contribution in [-0.4, -0.2) is 76.8 Å². The molecule has 0 radical (unpaired) electrons. The van der Waals surface area contributed by atoms with Gasteiger partial charge in [-0.3, -0.25) is 9.59 Å². The first-order valence-electron chi connectivity index (χ1n) is 15.1. The summed E-state index contributed by atoms with van der Waals surface area (Å²) < 4.78 is 10.8. The Morgan fingerprint density at radius 2 is 1.72 bits per heavy atom. The second kappa shape index (κ2) is 11.7. The normalized spacial score (nSPS) is 21.1. The topological polar surface area (TPSA) is 120 Å². The summed E-state index contributed by atoms with van der Waals surface area (Å²) in [4.78, 5) is 42.2. The first-order chi connectivity index (χ1) is 20.2. The average molecular weight is 593 g/mol. The molecule has 0 spiro atoms. The number of benzene rings is 2. The molecule has 1 aliphatic carbocycles. The van der Waals surface area contributed by atoms with E-state index in [1.165, 1.54) is 4.90 Å². The number of likely N-dealkylation sites (tertiary alicyclic amines) is 1. The Balaban J connectivity index is 1.13. The summed E-state index contributed by atoms with van der Waals surface area (Å²) in [6.45, 7) is 10.6. The summed E-state index contributed by atoms with van der Waals surface area (Å²) in [5.41, 5.74) is 3.60. The Morgan fingerprint density at radius 1 is 1.02 bits per heavy atom. The molecule has 2 aromatic rings. The molecule has 0 unspecified atom stereocenters. The van der Waals surface area contributed by atoms with Crippen molar-refractivity contribution >= 4 is 29.3 Å². The number of β-amino-alcohol motifs (C(OH)–C–C–N with tert-alkyl or cyclic N) is 1. The SMILES string of the molecule is COc1cc(NC(=O)C2CCC(N3Cc4c(C)cc(NCC5(O)CN(C(=O)OC(C)(C)C)C5)cc4C3=O)CC2)ccc1C. The van der Waals surface area contributed by atoms with Gasteiger partial charge < -0.3 is 35.0 Å². The first-order valence-corrected chi connectivity index (χ1v) is 15.1. The van der Waals surface area contributed by atoms with E-state index in [1.807, 2.05) is 69.9 Å². The van der Waals surface area contributed by atoms with Gasteiger partial charge in [0, 0.05) is 48.1 Å². The molecule has 10 heteroatoms. The van der Waals surface area contributed by atoms with E-state index in [2.05, 4.69) is 10.6 Å². The first kappa shape index (κ1) is 30.7. The molecule has 5 rings (SSSR count). The van der Waals surface area contributed by atoms with Crippen LogP contribution >= 0.6 is 0 Å². The van der Waals surface area contributed by atoms with Crippen LogP contribution in [0.3, 0.4) is 0 Å². The van der Waals surface area contributed by atoms with E-state index in [-0.39, 0.29) is 43.4 Å². The number of aryl methyl sites for hydroxylation is 2. The Bertz CT molecular complexity index is 1400. The van der Waals surface area contributed by atoms with Gasteiger partial charge in [0.15, 0.2) is 0 Å². The molecule has 0 atom stereocenters. The van der Waals surface area contributed by atoms with Gasteiger partial charge in [-0.25, -0.2) is 4.79 Å². The van der Waals surface area contributed by atoms with Crippen molar-refractivity contribution in [3.63, 3.8) is 0 Å². The van der Waals surface area contributed by atoms with E-state index in [1.54, 1.807) is 7.11 Å². The summed E-state index contributed by atoms with van der Waals surface area (Å²) in [6.07, 6.45) is 2.58. The Labute approximate surface area is 253 Å². The monoisotopic (exact) mass is 592 g/mol. The fourth-order valence-electron chi connectivity index (χ4n) is 6.30. The van der Waals surface area contributed by atoms with Crippen LogP contribution in [0.1, 0.15) is 73.5 Å². The third kappa shape index (κ3) is 6.74. The minimum atomic E-state index is -1.06. The van der Waals surface area contributed by atoms with Gasteiger partial charge in [0.2, 0.25) is 5.91 Å². The number of aliphatic hydroxyl groups is 1. The van der Waals surface area contributed by atoms with Crippen molar-refractivity contribution in [1.82, 2.24) is 9.80 Å². The molecule has 3 amide bonds. The third-order valence-corrected chi connectivity index (χ3v) is 8.72. The number of nitrogens with one attached hydrogen (secondary N) is 2. The van der Waals surface area contributed by atoms with Crippen LogP contribution in [0, 0.1) is 19.8 Å². The highest BCUT2D eigenvalue weighted by Gasteiger charge is 2.45. The second-order valence-corrected chi connectivity index (χ2v) is 13.3. The number of amides is 3. The lowest BCUT2D eigenvalue weighted by Crippen LogP contribution is -2.66. The third-order valence-electron chi connectivity index (χ3n) is 8.72. The number of anilines is 2. The molecule has 1 saturated carbocycles. The molecule has 2 fully saturated rings. The average Bonchev–Trinajstić information content (AvgIpc) is 3.27. The maximum Gasteiger partial charge on any atom is 0.410 e. The zero-order valence-corrected chi connectivity index (χ0v) is 26.1. The largest absolute Gasteiger partial charge is 0.496 e. The number of ether oxygens (including phenoxy) is 2. The molecule has 43 heavy (non-hydrogen) atoms. The van der Waals surface area contributed by atoms with Gasteiger partial charge in [-0.2, -0.15) is 0 Å². The van der Waals surface area contributed by atoms with Crippen molar-refractivity contribution in [3.8, 4) is 5.75 Å². The fraction of sp³-hybridized carbons (Fsp3) is 0.545. The maximum atomic E-state index is 13.5. The van der Waals surface area contributed by atoms with Crippen molar-refractivity contribution in [2.75, 3.05) is 37.4 Å². The molecule has 2 aromatic carbocycles. The van der Waals surface area contributed by atoms with Gasteiger partial charge in [0.25, 0.3) is 5.91 Å². The van der Waals surface area contributed by atoms with Crippen LogP contribution in [0.2, 0.25) is 0 Å². The van der Waals surface area contributed by atoms with Crippen molar-refractivity contribution in [3.05, 3.63) is 52.6 Å². The summed E-state index contributed by atoms with van der Waals surface area (Å²) >= 11 is 0. The molecule has 2 aliphatic heterocycles. The zero-order chi connectivity index (χ0) is 31.1. The highest BCUT2D eigenvalue weighted by Crippen LogP contribution is 2.36. The molecular formula is C33H44N4O6. The van der Waals surface area contributed by atoms with Gasteiger partial charge in [0.1, 0.15) is 17.0 Å². The maximum absolute atomic E-state index is 13.5. The van der Waals surface area contributed by atoms with Crippen LogP contribution in [0.15, 0.2) is 30.3 Å². The Kier molecular flexibility index (Phi) is 8.35. The number of methoxy groups -OCH3 is 1. The van der Waals surface area contributed by atoms with Crippen LogP contribution < -0.4 is 15.4 Å². The van der Waals surface area contributed by atoms with Crippen molar-refractivity contribution in [2.45, 2.75) is 84.1 Å². The standard InChI is InChI=1S/C33H44N4O6/c1-20-7-10-23(15-28(20)42-6)35-29(38)22-8-11-25(12-9-22)37-16-27-21(2)13-24(14-26(27)30(37)39)34-17-33(41)18-36(19-33)31(40)43-32(3,4)5/h7,10,13-15,22,25,34,41H,8-9,11-12,16-19H2,1-6H3,(H,35,38). The molecule has 2 heterocycles. The molecule has 3 N–H and O–H groups in total. The number of fused-ring (bicyclic) bond motifs is 1. The van der Waals surface area contributed by atoms with E-state index < -0.39 is 17.3 Å². The number of carbonyl (C=O) groups is 3. The minimum absolute atomic E-state index is 0.00860. The lowest BCUT2D eigenvalue weighted by Gasteiger charge is -2.46. The highest BCUT2D eigenvalue weighted by atomic mass is 16.6. The highest BCUT2D eigenvalue weighted by molar-refractivity contribution is 6.00. The fourth-order valence-corrected chi connectivity index (χ4v) is 6.30. The minimum Gasteiger partial charge on any atom is -0.496 e. The van der Waals surface area contributed by atoms with Gasteiger partial charge in [-0.05, 0) is 95.2 Å². The summed E-state index contributed by atoms with van der Waals surface area (Å²) in [5, 5.41) is 17.2. The van der Waals surface area contributed by atoms with E-state index in [4.69, 9.17) is 9.47 Å². The quantitative estimate of drug-likeness (QED) is 0.420. The molecular weight excluding hydrogens is 548 g/mol. The van der Waals surface area contributed by atoms with E-state index >= 15 is 0 Å². The van der Waals surface area contributed by atoms with Gasteiger partial charge in [-0.15, -0.1) is 0 Å². The Morgan fingerprint density at radius 3 is 2.37 bits per heavy atom. The number of nitrogens with zero attached hydrogens (tertiary/aromatic N) is 2. The number of hydrogen-bond donors (Lipinski definition) is 3. The van der Waals surface area contributed by atoms with Gasteiger partial charge in [0.05, 0.1) is 20.2 Å². The van der Waals surface area contributed by atoms with Crippen molar-refractivity contribution in [1.29, 1.82) is 0 Å².